The van der Waals surface area contributed by atoms with Crippen LogP contribution < -0.4 is 21.3 Å². The maximum absolute atomic E-state index is 13.8. The molecule has 46 heavy (non-hydrogen) atoms. The van der Waals surface area contributed by atoms with Crippen LogP contribution >= 0.6 is 0 Å². The van der Waals surface area contributed by atoms with E-state index >= 15 is 0 Å². The number of amides is 5. The number of hydrogen-bond donors (Lipinski definition) is 4. The van der Waals surface area contributed by atoms with Crippen LogP contribution in [0.1, 0.15) is 75.7 Å². The molecule has 4 fully saturated rings. The van der Waals surface area contributed by atoms with Gasteiger partial charge in [-0.2, -0.15) is 0 Å². The molecule has 4 aliphatic rings. The van der Waals surface area contributed by atoms with E-state index in [1.807, 2.05) is 0 Å². The van der Waals surface area contributed by atoms with Gasteiger partial charge in [-0.25, -0.2) is 4.98 Å². The van der Waals surface area contributed by atoms with E-state index in [-0.39, 0.29) is 47.9 Å². The van der Waals surface area contributed by atoms with Crippen LogP contribution in [0.2, 0.25) is 0 Å². The van der Waals surface area contributed by atoms with Gasteiger partial charge in [-0.05, 0) is 48.3 Å². The number of nitrogens with one attached hydrogen (secondary N) is 4. The second-order valence-corrected chi connectivity index (χ2v) is 13.7. The second-order valence-electron chi connectivity index (χ2n) is 13.7. The minimum Gasteiger partial charge on any atom is -0.346 e. The highest BCUT2D eigenvalue weighted by molar-refractivity contribution is 6.38. The normalized spacial score (nSPS) is 24.5. The minimum absolute atomic E-state index is 0.0900. The summed E-state index contributed by atoms with van der Waals surface area (Å²) < 4.78 is 0. The maximum Gasteiger partial charge on any atom is 0.289 e. The molecule has 0 bridgehead atoms. The molecule has 1 unspecified atom stereocenters. The SMILES string of the molecule is C=CCNC(=O)C(=O)C(CC1CC1)NC(=O)[C@@H]1[C@@H]2[C@H](CN1C(=O)CNC(=O)[C@@H](NC(=O)c1cnccn1)C1CCCCC1)C2(C)C. The van der Waals surface area contributed by atoms with E-state index < -0.39 is 53.4 Å². The van der Waals surface area contributed by atoms with Crippen LogP contribution in [0.15, 0.2) is 31.2 Å². The van der Waals surface area contributed by atoms with Gasteiger partial charge in [0.05, 0.1) is 18.8 Å². The standard InChI is InChI=1S/C33H45N7O6/c1-4-12-36-32(46)28(42)22(15-19-10-11-19)38-31(45)27-25-21(33(25,2)3)18-40(27)24(41)17-37-30(44)26(20-8-6-5-7-9-20)39-29(43)23-16-34-13-14-35-23/h4,13-14,16,19-22,25-27H,1,5-12,15,17-18H2,2-3H3,(H,36,46)(H,37,44)(H,38,45)(H,39,43)/t21-,22?,25-,26-,27-/m0/s1. The van der Waals surface area contributed by atoms with Crippen molar-refractivity contribution >= 4 is 35.3 Å². The molecule has 13 heteroatoms. The predicted molar refractivity (Wildman–Crippen MR) is 167 cm³/mol. The Morgan fingerprint density at radius 2 is 1.76 bits per heavy atom. The monoisotopic (exact) mass is 635 g/mol. The van der Waals surface area contributed by atoms with Crippen LogP contribution in [0.25, 0.3) is 0 Å². The molecule has 1 aromatic heterocycles. The highest BCUT2D eigenvalue weighted by Crippen LogP contribution is 2.64. The van der Waals surface area contributed by atoms with Crippen molar-refractivity contribution in [3.05, 3.63) is 36.9 Å². The average Bonchev–Trinajstić information content (AvgIpc) is 3.92. The van der Waals surface area contributed by atoms with E-state index in [4.69, 9.17) is 0 Å². The lowest BCUT2D eigenvalue weighted by atomic mass is 9.83. The van der Waals surface area contributed by atoms with Crippen molar-refractivity contribution in [2.45, 2.75) is 83.3 Å². The molecule has 5 amide bonds. The van der Waals surface area contributed by atoms with Gasteiger partial charge in [0.15, 0.2) is 0 Å². The zero-order chi connectivity index (χ0) is 33.0. The van der Waals surface area contributed by atoms with Crippen molar-refractivity contribution < 1.29 is 28.8 Å². The zero-order valence-corrected chi connectivity index (χ0v) is 26.6. The summed E-state index contributed by atoms with van der Waals surface area (Å²) in [4.78, 5) is 88.7. The lowest BCUT2D eigenvalue weighted by molar-refractivity contribution is -0.143. The van der Waals surface area contributed by atoms with Crippen molar-refractivity contribution in [2.24, 2.45) is 29.1 Å². The van der Waals surface area contributed by atoms with Gasteiger partial charge in [-0.1, -0.05) is 52.0 Å². The molecule has 0 aromatic carbocycles. The van der Waals surface area contributed by atoms with Crippen LogP contribution in [0.4, 0.5) is 0 Å². The quantitative estimate of drug-likeness (QED) is 0.172. The third-order valence-corrected chi connectivity index (χ3v) is 10.2. The summed E-state index contributed by atoms with van der Waals surface area (Å²) >= 11 is 0. The number of hydrogen-bond acceptors (Lipinski definition) is 8. The smallest absolute Gasteiger partial charge is 0.289 e. The number of likely N-dealkylation sites (tertiary alicyclic amines) is 1. The summed E-state index contributed by atoms with van der Waals surface area (Å²) in [6.45, 7) is 7.79. The maximum atomic E-state index is 13.8. The number of rotatable bonds is 14. The number of nitrogens with zero attached hydrogens (tertiary/aromatic N) is 3. The topological polar surface area (TPSA) is 180 Å². The first-order chi connectivity index (χ1) is 22.0. The largest absolute Gasteiger partial charge is 0.346 e. The Morgan fingerprint density at radius 1 is 1.02 bits per heavy atom. The van der Waals surface area contributed by atoms with Crippen LogP contribution in [-0.2, 0) is 24.0 Å². The van der Waals surface area contributed by atoms with E-state index in [1.54, 1.807) is 0 Å². The lowest BCUT2D eigenvalue weighted by Crippen LogP contribution is -2.57. The van der Waals surface area contributed by atoms with Gasteiger partial charge in [-0.15, -0.1) is 6.58 Å². The lowest BCUT2D eigenvalue weighted by Gasteiger charge is -2.32. The number of carbonyl (C=O) groups is 6. The van der Waals surface area contributed by atoms with Crippen LogP contribution in [0.3, 0.4) is 0 Å². The molecule has 3 saturated carbocycles. The number of carbonyl (C=O) groups excluding carboxylic acids is 6. The van der Waals surface area contributed by atoms with Crippen LogP contribution in [-0.4, -0.2) is 87.9 Å². The van der Waals surface area contributed by atoms with Crippen molar-refractivity contribution in [3.8, 4) is 0 Å². The number of Topliss-reactive ketones (excluding diaryl/α,β-unsaturated/α-hetero) is 1. The first-order valence-electron chi connectivity index (χ1n) is 16.4. The number of aromatic nitrogens is 2. The molecule has 1 aliphatic heterocycles. The van der Waals surface area contributed by atoms with Gasteiger partial charge < -0.3 is 26.2 Å². The summed E-state index contributed by atoms with van der Waals surface area (Å²) in [5.74, 6) is -3.22. The van der Waals surface area contributed by atoms with Gasteiger partial charge in [0.2, 0.25) is 23.5 Å². The Morgan fingerprint density at radius 3 is 2.41 bits per heavy atom. The third-order valence-electron chi connectivity index (χ3n) is 10.2. The zero-order valence-electron chi connectivity index (χ0n) is 26.6. The van der Waals surface area contributed by atoms with E-state index in [9.17, 15) is 28.8 Å². The fraction of sp³-hybridized carbons (Fsp3) is 0.636. The van der Waals surface area contributed by atoms with Crippen molar-refractivity contribution in [1.82, 2.24) is 36.1 Å². The fourth-order valence-corrected chi connectivity index (χ4v) is 7.30. The molecule has 5 atom stereocenters. The Kier molecular flexibility index (Phi) is 10.2. The Bertz CT molecular complexity index is 1360. The Balaban J connectivity index is 1.25. The van der Waals surface area contributed by atoms with Gasteiger partial charge in [0.1, 0.15) is 17.8 Å². The first kappa shape index (κ1) is 33.2. The highest BCUT2D eigenvalue weighted by atomic mass is 16.2. The number of fused-ring (bicyclic) bond motifs is 1. The molecule has 1 saturated heterocycles. The molecular formula is C33H45N7O6. The molecule has 4 N–H and O–H groups in total. The molecule has 2 heterocycles. The molecule has 1 aromatic rings. The van der Waals surface area contributed by atoms with E-state index in [0.717, 1.165) is 44.9 Å². The van der Waals surface area contributed by atoms with Crippen molar-refractivity contribution in [1.29, 1.82) is 0 Å². The number of ketones is 1. The second kappa shape index (κ2) is 14.1. The van der Waals surface area contributed by atoms with Gasteiger partial charge in [-0.3, -0.25) is 33.8 Å². The highest BCUT2D eigenvalue weighted by Gasteiger charge is 2.69. The first-order valence-corrected chi connectivity index (χ1v) is 16.4. The number of piperidine rings is 1. The predicted octanol–water partition coefficient (Wildman–Crippen LogP) is 0.911. The van der Waals surface area contributed by atoms with Crippen LogP contribution in [0.5, 0.6) is 0 Å². The summed E-state index contributed by atoms with van der Waals surface area (Å²) in [5.41, 5.74) is -0.0765. The summed E-state index contributed by atoms with van der Waals surface area (Å²) in [6.07, 6.45) is 12.4. The average molecular weight is 636 g/mol. The summed E-state index contributed by atoms with van der Waals surface area (Å²) in [6, 6.07) is -2.67. The van der Waals surface area contributed by atoms with Gasteiger partial charge >= 0.3 is 0 Å². The minimum atomic E-state index is -0.989. The van der Waals surface area contributed by atoms with Gasteiger partial charge in [0, 0.05) is 25.5 Å². The molecule has 0 spiro atoms. The summed E-state index contributed by atoms with van der Waals surface area (Å²) in [7, 11) is 0. The molecule has 248 valence electrons. The molecule has 5 rings (SSSR count). The van der Waals surface area contributed by atoms with E-state index in [0.29, 0.717) is 13.0 Å². The Hall–Kier alpha value is -4.16. The van der Waals surface area contributed by atoms with E-state index in [1.165, 1.54) is 29.6 Å². The Labute approximate surface area is 269 Å². The summed E-state index contributed by atoms with van der Waals surface area (Å²) in [5, 5.41) is 10.8. The van der Waals surface area contributed by atoms with Crippen LogP contribution in [0, 0.1) is 29.1 Å². The third kappa shape index (κ3) is 7.45. The molecule has 13 nitrogen and oxygen atoms in total. The van der Waals surface area contributed by atoms with Crippen molar-refractivity contribution in [3.63, 3.8) is 0 Å². The molecular weight excluding hydrogens is 590 g/mol. The molecule has 3 aliphatic carbocycles. The molecule has 0 radical (unpaired) electrons. The van der Waals surface area contributed by atoms with E-state index in [2.05, 4.69) is 51.7 Å². The fourth-order valence-electron chi connectivity index (χ4n) is 7.30. The van der Waals surface area contributed by atoms with Gasteiger partial charge in [0.25, 0.3) is 11.8 Å². The van der Waals surface area contributed by atoms with Crippen molar-refractivity contribution in [2.75, 3.05) is 19.6 Å².